The van der Waals surface area contributed by atoms with E-state index in [-0.39, 0.29) is 12.6 Å². The molecule has 1 fully saturated rings. The van der Waals surface area contributed by atoms with E-state index in [1.165, 1.54) is 0 Å². The molecule has 1 saturated heterocycles. The van der Waals surface area contributed by atoms with Crippen molar-refractivity contribution in [2.24, 2.45) is 0 Å². The summed E-state index contributed by atoms with van der Waals surface area (Å²) < 4.78 is 0. The maximum Gasteiger partial charge on any atom is 0.325 e. The van der Waals surface area contributed by atoms with Crippen LogP contribution in [0.15, 0.2) is 60.7 Å². The lowest BCUT2D eigenvalue weighted by Gasteiger charge is -2.23. The van der Waals surface area contributed by atoms with Crippen LogP contribution >= 0.6 is 23.2 Å². The van der Waals surface area contributed by atoms with Gasteiger partial charge in [0.25, 0.3) is 5.91 Å². The average molecular weight is 470 g/mol. The second-order valence-electron chi connectivity index (χ2n) is 7.97. The van der Waals surface area contributed by atoms with Crippen LogP contribution in [0, 0.1) is 0 Å². The molecule has 0 radical (unpaired) electrons. The molecule has 3 aromatic carbocycles. The molecule has 0 aliphatic carbocycles. The molecule has 3 aromatic rings. The summed E-state index contributed by atoms with van der Waals surface area (Å²) in [6.07, 6.45) is 0. The van der Waals surface area contributed by atoms with Crippen LogP contribution in [0.4, 0.5) is 4.79 Å². The van der Waals surface area contributed by atoms with Gasteiger partial charge < -0.3 is 10.6 Å². The van der Waals surface area contributed by atoms with Gasteiger partial charge in [0.05, 0.1) is 16.1 Å². The number of nitrogens with one attached hydrogen (secondary N) is 2. The van der Waals surface area contributed by atoms with Crippen molar-refractivity contribution in [1.82, 2.24) is 15.5 Å². The summed E-state index contributed by atoms with van der Waals surface area (Å²) in [5, 5.41) is 8.32. The monoisotopic (exact) mass is 469 g/mol. The van der Waals surface area contributed by atoms with E-state index in [0.717, 1.165) is 21.2 Å². The van der Waals surface area contributed by atoms with Gasteiger partial charge in [0.15, 0.2) is 0 Å². The van der Waals surface area contributed by atoms with E-state index in [2.05, 4.69) is 10.6 Å². The normalized spacial score (nSPS) is 19.2. The number of hydrogen-bond acceptors (Lipinski definition) is 3. The summed E-state index contributed by atoms with van der Waals surface area (Å²) in [5.74, 6) is -0.940. The minimum absolute atomic E-state index is 0.380. The zero-order chi connectivity index (χ0) is 23.0. The minimum atomic E-state index is -1.25. The molecule has 1 heterocycles. The number of benzene rings is 3. The molecule has 32 heavy (non-hydrogen) atoms. The number of fused-ring (bicyclic) bond motifs is 1. The van der Waals surface area contributed by atoms with Crippen molar-refractivity contribution in [3.05, 3.63) is 81.8 Å². The standard InChI is InChI=1S/C24H21Cl2N3O3/c1-14(16-8-10-19(25)20(26)12-16)27-21(30)13-29-22(31)24(2,28-23(29)32)18-9-7-15-5-3-4-6-17(15)11-18/h3-12,14H,13H2,1-2H3,(H,27,30)(H,28,32). The van der Waals surface area contributed by atoms with Gasteiger partial charge in [-0.3, -0.25) is 14.5 Å². The van der Waals surface area contributed by atoms with Gasteiger partial charge in [-0.1, -0.05) is 65.7 Å². The summed E-state index contributed by atoms with van der Waals surface area (Å²) in [6.45, 7) is 3.04. The van der Waals surface area contributed by atoms with Crippen molar-refractivity contribution in [2.45, 2.75) is 25.4 Å². The van der Waals surface area contributed by atoms with Crippen LogP contribution in [-0.4, -0.2) is 29.3 Å². The van der Waals surface area contributed by atoms with Crippen molar-refractivity contribution in [2.75, 3.05) is 6.54 Å². The van der Waals surface area contributed by atoms with Gasteiger partial charge in [0, 0.05) is 0 Å². The first-order valence-corrected chi connectivity index (χ1v) is 10.8. The predicted molar refractivity (Wildman–Crippen MR) is 125 cm³/mol. The number of nitrogens with zero attached hydrogens (tertiary/aromatic N) is 1. The molecule has 0 bridgehead atoms. The van der Waals surface area contributed by atoms with Crippen molar-refractivity contribution in [1.29, 1.82) is 0 Å². The number of hydrogen-bond donors (Lipinski definition) is 2. The number of carbonyl (C=O) groups excluding carboxylic acids is 3. The molecule has 6 nitrogen and oxygen atoms in total. The number of rotatable bonds is 5. The van der Waals surface area contributed by atoms with Crippen LogP contribution in [-0.2, 0) is 15.1 Å². The average Bonchev–Trinajstić information content (AvgIpc) is 2.99. The first kappa shape index (κ1) is 22.1. The van der Waals surface area contributed by atoms with Crippen LogP contribution < -0.4 is 10.6 Å². The van der Waals surface area contributed by atoms with Crippen molar-refractivity contribution in [3.63, 3.8) is 0 Å². The Morgan fingerprint density at radius 2 is 1.75 bits per heavy atom. The SMILES string of the molecule is CC(NC(=O)CN1C(=O)NC(C)(c2ccc3ccccc3c2)C1=O)c1ccc(Cl)c(Cl)c1. The van der Waals surface area contributed by atoms with Gasteiger partial charge in [-0.15, -0.1) is 0 Å². The van der Waals surface area contributed by atoms with Crippen LogP contribution in [0.3, 0.4) is 0 Å². The van der Waals surface area contributed by atoms with Gasteiger partial charge in [0.2, 0.25) is 5.91 Å². The Balaban J connectivity index is 1.49. The molecular formula is C24H21Cl2N3O3. The van der Waals surface area contributed by atoms with Gasteiger partial charge in [-0.2, -0.15) is 0 Å². The fourth-order valence-electron chi connectivity index (χ4n) is 3.83. The quantitative estimate of drug-likeness (QED) is 0.527. The van der Waals surface area contributed by atoms with Crippen LogP contribution in [0.5, 0.6) is 0 Å². The van der Waals surface area contributed by atoms with E-state index in [0.29, 0.717) is 15.6 Å². The fourth-order valence-corrected chi connectivity index (χ4v) is 4.14. The first-order chi connectivity index (χ1) is 15.2. The molecule has 2 unspecified atom stereocenters. The third-order valence-corrected chi connectivity index (χ3v) is 6.46. The topological polar surface area (TPSA) is 78.5 Å². The summed E-state index contributed by atoms with van der Waals surface area (Å²) in [6, 6.07) is 17.4. The summed E-state index contributed by atoms with van der Waals surface area (Å²) >= 11 is 12.0. The minimum Gasteiger partial charge on any atom is -0.348 e. The second kappa shape index (κ2) is 8.45. The Bertz CT molecular complexity index is 1250. The summed E-state index contributed by atoms with van der Waals surface area (Å²) in [4.78, 5) is 39.3. The van der Waals surface area contributed by atoms with Crippen LogP contribution in [0.1, 0.15) is 31.0 Å². The number of urea groups is 1. The largest absolute Gasteiger partial charge is 0.348 e. The summed E-state index contributed by atoms with van der Waals surface area (Å²) in [5.41, 5.74) is 0.157. The highest BCUT2D eigenvalue weighted by atomic mass is 35.5. The van der Waals surface area contributed by atoms with E-state index < -0.39 is 23.4 Å². The zero-order valence-corrected chi connectivity index (χ0v) is 19.0. The molecule has 164 valence electrons. The highest BCUT2D eigenvalue weighted by molar-refractivity contribution is 6.42. The van der Waals surface area contributed by atoms with E-state index in [9.17, 15) is 14.4 Å². The highest BCUT2D eigenvalue weighted by Crippen LogP contribution is 2.31. The van der Waals surface area contributed by atoms with Crippen molar-refractivity contribution in [3.8, 4) is 0 Å². The molecule has 0 aromatic heterocycles. The molecule has 4 amide bonds. The van der Waals surface area contributed by atoms with Gasteiger partial charge in [0.1, 0.15) is 12.1 Å². The van der Waals surface area contributed by atoms with Crippen molar-refractivity contribution < 1.29 is 14.4 Å². The Labute approximate surface area is 195 Å². The number of halogens is 2. The van der Waals surface area contributed by atoms with E-state index in [1.807, 2.05) is 42.5 Å². The van der Waals surface area contributed by atoms with E-state index >= 15 is 0 Å². The third-order valence-electron chi connectivity index (χ3n) is 5.72. The van der Waals surface area contributed by atoms with Crippen LogP contribution in [0.25, 0.3) is 10.8 Å². The number of imide groups is 1. The Morgan fingerprint density at radius 3 is 2.47 bits per heavy atom. The lowest BCUT2D eigenvalue weighted by molar-refractivity contribution is -0.135. The molecule has 1 aliphatic heterocycles. The van der Waals surface area contributed by atoms with Crippen molar-refractivity contribution >= 4 is 51.8 Å². The van der Waals surface area contributed by atoms with Crippen LogP contribution in [0.2, 0.25) is 10.0 Å². The lowest BCUT2D eigenvalue weighted by Crippen LogP contribution is -2.43. The van der Waals surface area contributed by atoms with E-state index in [4.69, 9.17) is 23.2 Å². The maximum absolute atomic E-state index is 13.2. The first-order valence-electron chi connectivity index (χ1n) is 10.1. The molecule has 2 N–H and O–H groups in total. The molecule has 0 spiro atoms. The number of carbonyl (C=O) groups is 3. The Morgan fingerprint density at radius 1 is 1.03 bits per heavy atom. The lowest BCUT2D eigenvalue weighted by atomic mass is 9.90. The zero-order valence-electron chi connectivity index (χ0n) is 17.5. The molecule has 1 aliphatic rings. The Hall–Kier alpha value is -3.09. The van der Waals surface area contributed by atoms with Gasteiger partial charge in [-0.25, -0.2) is 4.79 Å². The highest BCUT2D eigenvalue weighted by Gasteiger charge is 2.49. The third kappa shape index (κ3) is 4.04. The molecule has 4 rings (SSSR count). The predicted octanol–water partition coefficient (Wildman–Crippen LogP) is 4.79. The smallest absolute Gasteiger partial charge is 0.325 e. The second-order valence-corrected chi connectivity index (χ2v) is 8.79. The van der Waals surface area contributed by atoms with E-state index in [1.54, 1.807) is 32.0 Å². The number of amides is 4. The summed E-state index contributed by atoms with van der Waals surface area (Å²) in [7, 11) is 0. The van der Waals surface area contributed by atoms with Gasteiger partial charge in [-0.05, 0) is 53.9 Å². The Kier molecular flexibility index (Phi) is 5.84. The molecule has 2 atom stereocenters. The maximum atomic E-state index is 13.2. The molecule has 8 heteroatoms. The van der Waals surface area contributed by atoms with Gasteiger partial charge >= 0.3 is 6.03 Å². The molecule has 0 saturated carbocycles. The fraction of sp³-hybridized carbons (Fsp3) is 0.208. The molecular weight excluding hydrogens is 449 g/mol.